The number of rotatable bonds is 0. The fourth-order valence-electron chi connectivity index (χ4n) is 0.999. The van der Waals surface area contributed by atoms with Gasteiger partial charge in [-0.3, -0.25) is 4.99 Å². The third-order valence-electron chi connectivity index (χ3n) is 1.49. The molecule has 0 fully saturated rings. The Balaban J connectivity index is 2.25. The number of nitrogens with zero attached hydrogens (tertiary/aromatic N) is 1. The van der Waals surface area contributed by atoms with E-state index in [2.05, 4.69) is 10.3 Å². The zero-order valence-corrected chi connectivity index (χ0v) is 5.50. The molecule has 0 bridgehead atoms. The summed E-state index contributed by atoms with van der Waals surface area (Å²) in [4.78, 5) is 4.05. The highest BCUT2D eigenvalue weighted by atomic mass is 16.5. The number of hydrogen-bond acceptors (Lipinski definition) is 3. The van der Waals surface area contributed by atoms with Gasteiger partial charge in [-0.05, 0) is 6.08 Å². The first-order valence-electron chi connectivity index (χ1n) is 3.25. The van der Waals surface area contributed by atoms with Crippen molar-refractivity contribution in [1.29, 1.82) is 0 Å². The van der Waals surface area contributed by atoms with Crippen molar-refractivity contribution in [3.05, 3.63) is 23.8 Å². The molecule has 52 valence electrons. The Morgan fingerprint density at radius 1 is 1.60 bits per heavy atom. The summed E-state index contributed by atoms with van der Waals surface area (Å²) in [5.74, 6) is 0.859. The molecular formula is C7H8N2O. The molecule has 0 unspecified atom stereocenters. The van der Waals surface area contributed by atoms with Gasteiger partial charge in [0.15, 0.2) is 5.88 Å². The number of hydrogen-bond donors (Lipinski definition) is 1. The Labute approximate surface area is 59.1 Å². The molecule has 2 rings (SSSR count). The Morgan fingerprint density at radius 3 is 3.50 bits per heavy atom. The van der Waals surface area contributed by atoms with Crippen molar-refractivity contribution in [1.82, 2.24) is 5.32 Å². The van der Waals surface area contributed by atoms with Crippen LogP contribution in [0.25, 0.3) is 0 Å². The third kappa shape index (κ3) is 0.795. The van der Waals surface area contributed by atoms with Crippen LogP contribution in [0.5, 0.6) is 0 Å². The van der Waals surface area contributed by atoms with E-state index in [0.717, 1.165) is 17.9 Å². The second kappa shape index (κ2) is 2.17. The molecule has 0 aromatic rings. The van der Waals surface area contributed by atoms with Crippen LogP contribution in [0, 0.1) is 0 Å². The molecule has 1 N–H and O–H groups in total. The van der Waals surface area contributed by atoms with Gasteiger partial charge >= 0.3 is 0 Å². The van der Waals surface area contributed by atoms with Gasteiger partial charge in [0, 0.05) is 18.2 Å². The number of ether oxygens (including phenoxy) is 1. The van der Waals surface area contributed by atoms with E-state index in [1.165, 1.54) is 0 Å². The van der Waals surface area contributed by atoms with Crippen molar-refractivity contribution in [2.75, 3.05) is 6.67 Å². The maximum atomic E-state index is 5.18. The van der Waals surface area contributed by atoms with E-state index in [1.807, 2.05) is 12.3 Å². The molecule has 2 aliphatic heterocycles. The topological polar surface area (TPSA) is 33.6 Å². The summed E-state index contributed by atoms with van der Waals surface area (Å²) >= 11 is 0. The first-order chi connectivity index (χ1) is 4.97. The lowest BCUT2D eigenvalue weighted by Crippen LogP contribution is -2.22. The lowest BCUT2D eigenvalue weighted by atomic mass is 10.2. The van der Waals surface area contributed by atoms with Gasteiger partial charge in [0.05, 0.1) is 6.26 Å². The summed E-state index contributed by atoms with van der Waals surface area (Å²) in [6.07, 6.45) is 6.45. The fraction of sp³-hybridized carbons (Fsp3) is 0.286. The summed E-state index contributed by atoms with van der Waals surface area (Å²) in [5.41, 5.74) is 1.13. The highest BCUT2D eigenvalue weighted by Crippen LogP contribution is 2.14. The molecule has 2 heterocycles. The van der Waals surface area contributed by atoms with Crippen molar-refractivity contribution in [2.24, 2.45) is 4.99 Å². The Kier molecular flexibility index (Phi) is 1.20. The van der Waals surface area contributed by atoms with E-state index < -0.39 is 0 Å². The van der Waals surface area contributed by atoms with Crippen LogP contribution < -0.4 is 5.32 Å². The molecule has 0 amide bonds. The second-order valence-electron chi connectivity index (χ2n) is 2.19. The van der Waals surface area contributed by atoms with Crippen LogP contribution in [0.4, 0.5) is 0 Å². The lowest BCUT2D eigenvalue weighted by Gasteiger charge is -2.17. The summed E-state index contributed by atoms with van der Waals surface area (Å²) in [6, 6.07) is 0. The van der Waals surface area contributed by atoms with Crippen molar-refractivity contribution in [2.45, 2.75) is 6.42 Å². The SMILES string of the molecule is C1=COC2=C(C=NCN2)C1. The zero-order chi connectivity index (χ0) is 6.81. The van der Waals surface area contributed by atoms with Crippen LogP contribution in [0.1, 0.15) is 6.42 Å². The molecule has 2 aliphatic rings. The molecule has 0 radical (unpaired) electrons. The molecule has 3 heteroatoms. The molecule has 0 aromatic carbocycles. The molecule has 0 atom stereocenters. The van der Waals surface area contributed by atoms with Gasteiger partial charge in [0.25, 0.3) is 0 Å². The Morgan fingerprint density at radius 2 is 2.60 bits per heavy atom. The second-order valence-corrected chi connectivity index (χ2v) is 2.19. The highest BCUT2D eigenvalue weighted by Gasteiger charge is 2.10. The molecule has 0 aromatic heterocycles. The Bertz CT molecular complexity index is 228. The average Bonchev–Trinajstić information content (AvgIpc) is 2.05. The standard InChI is InChI=1S/C7H8N2O/c1-2-6-4-8-5-9-7(6)10-3-1/h1,3-4,9H,2,5H2. The van der Waals surface area contributed by atoms with E-state index in [1.54, 1.807) is 6.26 Å². The van der Waals surface area contributed by atoms with Gasteiger partial charge in [-0.15, -0.1) is 0 Å². The predicted octanol–water partition coefficient (Wildman–Crippen LogP) is 0.763. The van der Waals surface area contributed by atoms with Crippen molar-refractivity contribution < 1.29 is 4.74 Å². The maximum absolute atomic E-state index is 5.18. The monoisotopic (exact) mass is 136 g/mol. The molecule has 0 aliphatic carbocycles. The van der Waals surface area contributed by atoms with Crippen molar-refractivity contribution in [3.8, 4) is 0 Å². The van der Waals surface area contributed by atoms with E-state index >= 15 is 0 Å². The summed E-state index contributed by atoms with van der Waals surface area (Å²) < 4.78 is 5.18. The predicted molar refractivity (Wildman–Crippen MR) is 38.4 cm³/mol. The van der Waals surface area contributed by atoms with Gasteiger partial charge in [-0.25, -0.2) is 0 Å². The Hall–Kier alpha value is -1.25. The van der Waals surface area contributed by atoms with Crippen LogP contribution >= 0.6 is 0 Å². The average molecular weight is 136 g/mol. The van der Waals surface area contributed by atoms with E-state index in [0.29, 0.717) is 6.67 Å². The van der Waals surface area contributed by atoms with Crippen LogP contribution in [-0.2, 0) is 4.74 Å². The lowest BCUT2D eigenvalue weighted by molar-refractivity contribution is 0.302. The summed E-state index contributed by atoms with van der Waals surface area (Å²) in [7, 11) is 0. The molecule has 0 saturated carbocycles. The third-order valence-corrected chi connectivity index (χ3v) is 1.49. The summed E-state index contributed by atoms with van der Waals surface area (Å²) in [6.45, 7) is 0.632. The van der Waals surface area contributed by atoms with Crippen LogP contribution in [-0.4, -0.2) is 12.9 Å². The fourth-order valence-corrected chi connectivity index (χ4v) is 0.999. The largest absolute Gasteiger partial charge is 0.449 e. The maximum Gasteiger partial charge on any atom is 0.199 e. The minimum atomic E-state index is 0.632. The van der Waals surface area contributed by atoms with Gasteiger partial charge < -0.3 is 10.1 Å². The molecular weight excluding hydrogens is 128 g/mol. The van der Waals surface area contributed by atoms with Gasteiger partial charge in [0.1, 0.15) is 6.67 Å². The first kappa shape index (κ1) is 5.53. The van der Waals surface area contributed by atoms with Crippen LogP contribution in [0.15, 0.2) is 28.8 Å². The summed E-state index contributed by atoms with van der Waals surface area (Å²) in [5, 5.41) is 3.03. The van der Waals surface area contributed by atoms with Gasteiger partial charge in [0.2, 0.25) is 0 Å². The first-order valence-corrected chi connectivity index (χ1v) is 3.25. The zero-order valence-electron chi connectivity index (χ0n) is 5.50. The van der Waals surface area contributed by atoms with Crippen LogP contribution in [0.2, 0.25) is 0 Å². The number of allylic oxidation sites excluding steroid dienone is 2. The minimum absolute atomic E-state index is 0.632. The molecule has 10 heavy (non-hydrogen) atoms. The molecule has 3 nitrogen and oxygen atoms in total. The van der Waals surface area contributed by atoms with E-state index in [9.17, 15) is 0 Å². The van der Waals surface area contributed by atoms with Gasteiger partial charge in [-0.1, -0.05) is 0 Å². The van der Waals surface area contributed by atoms with Gasteiger partial charge in [-0.2, -0.15) is 0 Å². The molecule has 0 saturated heterocycles. The minimum Gasteiger partial charge on any atom is -0.449 e. The highest BCUT2D eigenvalue weighted by molar-refractivity contribution is 5.80. The number of nitrogens with one attached hydrogen (secondary N) is 1. The van der Waals surface area contributed by atoms with Crippen molar-refractivity contribution >= 4 is 6.21 Å². The van der Waals surface area contributed by atoms with E-state index in [4.69, 9.17) is 4.74 Å². The number of aliphatic imine (C=N–C) groups is 1. The van der Waals surface area contributed by atoms with E-state index in [-0.39, 0.29) is 0 Å². The van der Waals surface area contributed by atoms with Crippen molar-refractivity contribution in [3.63, 3.8) is 0 Å². The normalized spacial score (nSPS) is 21.6. The van der Waals surface area contributed by atoms with Crippen LogP contribution in [0.3, 0.4) is 0 Å². The quantitative estimate of drug-likeness (QED) is 0.533. The molecule has 0 spiro atoms. The smallest absolute Gasteiger partial charge is 0.199 e.